The van der Waals surface area contributed by atoms with Gasteiger partial charge in [0, 0.05) is 24.7 Å². The number of hydrogen-bond donors (Lipinski definition) is 1. The van der Waals surface area contributed by atoms with Crippen molar-refractivity contribution >= 4 is 0 Å². The standard InChI is InChI=1S/C16H33N3/c1-16(2)10-6-9-14(15(16)17-3)19-11-7-8-13(12-19)18(4)5/h13-15,17H,6-12H2,1-5H3. The van der Waals surface area contributed by atoms with E-state index in [2.05, 4.69) is 50.1 Å². The van der Waals surface area contributed by atoms with Gasteiger partial charge in [0.15, 0.2) is 0 Å². The molecule has 1 N–H and O–H groups in total. The van der Waals surface area contributed by atoms with E-state index in [4.69, 9.17) is 0 Å². The second-order valence-electron chi connectivity index (χ2n) is 7.47. The summed E-state index contributed by atoms with van der Waals surface area (Å²) in [5.41, 5.74) is 0.433. The average molecular weight is 267 g/mol. The summed E-state index contributed by atoms with van der Waals surface area (Å²) in [6.07, 6.45) is 6.84. The first kappa shape index (κ1) is 15.3. The fourth-order valence-electron chi connectivity index (χ4n) is 4.29. The van der Waals surface area contributed by atoms with Gasteiger partial charge in [-0.2, -0.15) is 0 Å². The van der Waals surface area contributed by atoms with Gasteiger partial charge in [0.2, 0.25) is 0 Å². The Labute approximate surface area is 119 Å². The lowest BCUT2D eigenvalue weighted by Gasteiger charge is -2.50. The first-order valence-electron chi connectivity index (χ1n) is 8.03. The molecule has 2 aliphatic rings. The summed E-state index contributed by atoms with van der Waals surface area (Å²) in [4.78, 5) is 5.19. The number of rotatable bonds is 3. The molecular weight excluding hydrogens is 234 g/mol. The van der Waals surface area contributed by atoms with E-state index in [9.17, 15) is 0 Å². The van der Waals surface area contributed by atoms with Crippen LogP contribution in [-0.2, 0) is 0 Å². The zero-order chi connectivity index (χ0) is 14.0. The summed E-state index contributed by atoms with van der Waals surface area (Å²) >= 11 is 0. The average Bonchev–Trinajstić information content (AvgIpc) is 2.37. The third kappa shape index (κ3) is 3.32. The Morgan fingerprint density at radius 3 is 2.53 bits per heavy atom. The fourth-order valence-corrected chi connectivity index (χ4v) is 4.29. The predicted octanol–water partition coefficient (Wildman–Crippen LogP) is 2.18. The predicted molar refractivity (Wildman–Crippen MR) is 82.5 cm³/mol. The minimum absolute atomic E-state index is 0.433. The fraction of sp³-hybridized carbons (Fsp3) is 1.00. The molecule has 0 bridgehead atoms. The maximum atomic E-state index is 3.63. The maximum absolute atomic E-state index is 3.63. The minimum atomic E-state index is 0.433. The van der Waals surface area contributed by atoms with Crippen LogP contribution in [0, 0.1) is 5.41 Å². The summed E-state index contributed by atoms with van der Waals surface area (Å²) in [6.45, 7) is 7.43. The Balaban J connectivity index is 2.06. The monoisotopic (exact) mass is 267 g/mol. The van der Waals surface area contributed by atoms with Crippen LogP contribution in [0.1, 0.15) is 46.0 Å². The first-order chi connectivity index (χ1) is 8.95. The Morgan fingerprint density at radius 1 is 1.16 bits per heavy atom. The van der Waals surface area contributed by atoms with Crippen molar-refractivity contribution in [2.45, 2.75) is 64.1 Å². The topological polar surface area (TPSA) is 18.5 Å². The van der Waals surface area contributed by atoms with Crippen molar-refractivity contribution in [1.82, 2.24) is 15.1 Å². The van der Waals surface area contributed by atoms with Gasteiger partial charge in [-0.15, -0.1) is 0 Å². The van der Waals surface area contributed by atoms with Crippen molar-refractivity contribution in [3.8, 4) is 0 Å². The van der Waals surface area contributed by atoms with Gasteiger partial charge in [-0.3, -0.25) is 4.90 Å². The van der Waals surface area contributed by atoms with Crippen LogP contribution in [0.25, 0.3) is 0 Å². The van der Waals surface area contributed by atoms with Crippen LogP contribution in [0.4, 0.5) is 0 Å². The molecule has 3 heteroatoms. The van der Waals surface area contributed by atoms with Crippen LogP contribution in [0.3, 0.4) is 0 Å². The Hall–Kier alpha value is -0.120. The van der Waals surface area contributed by atoms with Gasteiger partial charge in [-0.1, -0.05) is 20.3 Å². The number of nitrogens with one attached hydrogen (secondary N) is 1. The Kier molecular flexibility index (Phi) is 4.91. The summed E-state index contributed by atoms with van der Waals surface area (Å²) in [5.74, 6) is 0. The van der Waals surface area contributed by atoms with Crippen molar-refractivity contribution < 1.29 is 0 Å². The molecule has 2 fully saturated rings. The summed E-state index contributed by atoms with van der Waals surface area (Å²) < 4.78 is 0. The summed E-state index contributed by atoms with van der Waals surface area (Å²) in [6, 6.07) is 2.12. The van der Waals surface area contributed by atoms with E-state index in [-0.39, 0.29) is 0 Å². The quantitative estimate of drug-likeness (QED) is 0.845. The lowest BCUT2D eigenvalue weighted by atomic mass is 9.70. The van der Waals surface area contributed by atoms with Crippen LogP contribution in [0.5, 0.6) is 0 Å². The van der Waals surface area contributed by atoms with Gasteiger partial charge in [-0.05, 0) is 58.8 Å². The molecule has 1 saturated carbocycles. The van der Waals surface area contributed by atoms with E-state index in [0.29, 0.717) is 11.5 Å². The van der Waals surface area contributed by atoms with Crippen LogP contribution in [0.2, 0.25) is 0 Å². The second-order valence-corrected chi connectivity index (χ2v) is 7.47. The van der Waals surface area contributed by atoms with Crippen molar-refractivity contribution in [1.29, 1.82) is 0 Å². The molecule has 3 atom stereocenters. The van der Waals surface area contributed by atoms with Gasteiger partial charge in [0.1, 0.15) is 0 Å². The highest BCUT2D eigenvalue weighted by atomic mass is 15.2. The lowest BCUT2D eigenvalue weighted by Crippen LogP contribution is -2.61. The van der Waals surface area contributed by atoms with Crippen molar-refractivity contribution in [3.63, 3.8) is 0 Å². The molecule has 0 aromatic carbocycles. The largest absolute Gasteiger partial charge is 0.315 e. The summed E-state index contributed by atoms with van der Waals surface area (Å²) in [5, 5.41) is 3.63. The minimum Gasteiger partial charge on any atom is -0.315 e. The zero-order valence-electron chi connectivity index (χ0n) is 13.6. The molecule has 0 amide bonds. The molecule has 0 aromatic rings. The molecule has 1 aliphatic heterocycles. The van der Waals surface area contributed by atoms with Crippen molar-refractivity contribution in [2.75, 3.05) is 34.2 Å². The normalized spacial score (nSPS) is 36.6. The molecule has 0 aromatic heterocycles. The van der Waals surface area contributed by atoms with Gasteiger partial charge in [-0.25, -0.2) is 0 Å². The highest BCUT2D eigenvalue weighted by Gasteiger charge is 2.41. The third-order valence-electron chi connectivity index (χ3n) is 5.49. The highest BCUT2D eigenvalue weighted by Crippen LogP contribution is 2.38. The molecule has 1 aliphatic carbocycles. The van der Waals surface area contributed by atoms with E-state index in [1.165, 1.54) is 45.2 Å². The lowest BCUT2D eigenvalue weighted by molar-refractivity contribution is 0.0200. The third-order valence-corrected chi connectivity index (χ3v) is 5.49. The number of hydrogen-bond acceptors (Lipinski definition) is 3. The van der Waals surface area contributed by atoms with Gasteiger partial charge < -0.3 is 10.2 Å². The van der Waals surface area contributed by atoms with Crippen LogP contribution >= 0.6 is 0 Å². The molecule has 3 unspecified atom stereocenters. The van der Waals surface area contributed by atoms with E-state index in [0.717, 1.165) is 12.1 Å². The van der Waals surface area contributed by atoms with Crippen LogP contribution in [-0.4, -0.2) is 62.2 Å². The molecule has 1 saturated heterocycles. The first-order valence-corrected chi connectivity index (χ1v) is 8.03. The molecule has 0 radical (unpaired) electrons. The molecule has 3 nitrogen and oxygen atoms in total. The van der Waals surface area contributed by atoms with Gasteiger partial charge >= 0.3 is 0 Å². The zero-order valence-corrected chi connectivity index (χ0v) is 13.6. The Morgan fingerprint density at radius 2 is 1.89 bits per heavy atom. The molecule has 0 spiro atoms. The van der Waals surface area contributed by atoms with E-state index < -0.39 is 0 Å². The number of likely N-dealkylation sites (N-methyl/N-ethyl adjacent to an activating group) is 2. The second kappa shape index (κ2) is 6.11. The van der Waals surface area contributed by atoms with Crippen molar-refractivity contribution in [3.05, 3.63) is 0 Å². The molecule has 1 heterocycles. The highest BCUT2D eigenvalue weighted by molar-refractivity contribution is 4.99. The van der Waals surface area contributed by atoms with Gasteiger partial charge in [0.05, 0.1) is 0 Å². The van der Waals surface area contributed by atoms with Crippen LogP contribution in [0.15, 0.2) is 0 Å². The molecular formula is C16H33N3. The molecule has 19 heavy (non-hydrogen) atoms. The van der Waals surface area contributed by atoms with E-state index in [1.54, 1.807) is 0 Å². The SMILES string of the molecule is CNC1C(N2CCCC(N(C)C)C2)CCCC1(C)C. The summed E-state index contributed by atoms with van der Waals surface area (Å²) in [7, 11) is 6.61. The maximum Gasteiger partial charge on any atom is 0.0271 e. The van der Waals surface area contributed by atoms with Crippen LogP contribution < -0.4 is 5.32 Å². The number of piperidine rings is 1. The van der Waals surface area contributed by atoms with E-state index in [1.807, 2.05) is 0 Å². The number of nitrogens with zero attached hydrogens (tertiary/aromatic N) is 2. The molecule has 112 valence electrons. The van der Waals surface area contributed by atoms with Crippen molar-refractivity contribution in [2.24, 2.45) is 5.41 Å². The smallest absolute Gasteiger partial charge is 0.0271 e. The number of likely N-dealkylation sites (tertiary alicyclic amines) is 1. The Bertz CT molecular complexity index is 288. The molecule has 2 rings (SSSR count). The van der Waals surface area contributed by atoms with Gasteiger partial charge in [0.25, 0.3) is 0 Å². The van der Waals surface area contributed by atoms with E-state index >= 15 is 0 Å².